The van der Waals surface area contributed by atoms with Crippen molar-refractivity contribution in [2.75, 3.05) is 4.90 Å². The smallest absolute Gasteiger partial charge is 0.143 e. The molecule has 0 bridgehead atoms. The maximum Gasteiger partial charge on any atom is 0.143 e. The van der Waals surface area contributed by atoms with Crippen LogP contribution in [0.5, 0.6) is 0 Å². The van der Waals surface area contributed by atoms with Gasteiger partial charge in [0.05, 0.1) is 5.69 Å². The Bertz CT molecular complexity index is 3570. The molecule has 0 unspecified atom stereocenters. The van der Waals surface area contributed by atoms with Crippen LogP contribution in [0.25, 0.3) is 98.8 Å². The maximum atomic E-state index is 6.52. The predicted molar refractivity (Wildman–Crippen MR) is 247 cm³/mol. The Labute approximate surface area is 340 Å². The first-order chi connectivity index (χ1) is 29.2. The number of rotatable bonds is 6. The highest BCUT2D eigenvalue weighted by molar-refractivity contribution is 6.16. The molecule has 0 N–H and O–H groups in total. The van der Waals surface area contributed by atoms with Crippen molar-refractivity contribution in [1.82, 2.24) is 0 Å². The van der Waals surface area contributed by atoms with E-state index in [-0.39, 0.29) is 0 Å². The third kappa shape index (κ3) is 5.59. The summed E-state index contributed by atoms with van der Waals surface area (Å²) in [6.07, 6.45) is 0. The Morgan fingerprint density at radius 3 is 1.80 bits per heavy atom. The van der Waals surface area contributed by atoms with Crippen LogP contribution in [0.15, 0.2) is 221 Å². The van der Waals surface area contributed by atoms with Gasteiger partial charge in [0.1, 0.15) is 22.3 Å². The lowest BCUT2D eigenvalue weighted by molar-refractivity contribution is 0.669. The van der Waals surface area contributed by atoms with Crippen molar-refractivity contribution in [2.24, 2.45) is 0 Å². The molecular formula is C56H35NO2. The number of hydrogen-bond donors (Lipinski definition) is 0. The Hall–Kier alpha value is -7.88. The molecule has 3 heteroatoms. The van der Waals surface area contributed by atoms with Gasteiger partial charge >= 0.3 is 0 Å². The molecule has 276 valence electrons. The molecule has 0 saturated carbocycles. The van der Waals surface area contributed by atoms with Gasteiger partial charge in [0.25, 0.3) is 0 Å². The molecule has 12 aromatic rings. The fraction of sp³-hybridized carbons (Fsp3) is 0. The molecular weight excluding hydrogens is 719 g/mol. The molecule has 0 saturated heterocycles. The normalized spacial score (nSPS) is 11.7. The molecule has 0 fully saturated rings. The van der Waals surface area contributed by atoms with E-state index in [2.05, 4.69) is 205 Å². The molecule has 3 nitrogen and oxygen atoms in total. The molecule has 0 aliphatic carbocycles. The maximum absolute atomic E-state index is 6.52. The van der Waals surface area contributed by atoms with E-state index in [4.69, 9.17) is 8.83 Å². The second kappa shape index (κ2) is 13.4. The van der Waals surface area contributed by atoms with Crippen molar-refractivity contribution in [3.8, 4) is 33.4 Å². The monoisotopic (exact) mass is 753 g/mol. The summed E-state index contributed by atoms with van der Waals surface area (Å²) in [4.78, 5) is 2.37. The minimum atomic E-state index is 0.870. The highest BCUT2D eigenvalue weighted by Crippen LogP contribution is 2.45. The van der Waals surface area contributed by atoms with E-state index in [1.54, 1.807) is 0 Å². The topological polar surface area (TPSA) is 29.5 Å². The number of fused-ring (bicyclic) bond motifs is 9. The Kier molecular flexibility index (Phi) is 7.54. The van der Waals surface area contributed by atoms with E-state index in [9.17, 15) is 0 Å². The van der Waals surface area contributed by atoms with Crippen LogP contribution in [0.3, 0.4) is 0 Å². The summed E-state index contributed by atoms with van der Waals surface area (Å²) in [5.74, 6) is 0. The zero-order chi connectivity index (χ0) is 38.9. The lowest BCUT2D eigenvalue weighted by Gasteiger charge is -2.28. The predicted octanol–water partition coefficient (Wildman–Crippen LogP) is 16.3. The van der Waals surface area contributed by atoms with Gasteiger partial charge in [-0.15, -0.1) is 0 Å². The first-order valence-electron chi connectivity index (χ1n) is 20.1. The van der Waals surface area contributed by atoms with Crippen molar-refractivity contribution in [3.05, 3.63) is 212 Å². The zero-order valence-corrected chi connectivity index (χ0v) is 32.0. The van der Waals surface area contributed by atoms with Gasteiger partial charge in [0, 0.05) is 43.9 Å². The van der Waals surface area contributed by atoms with Gasteiger partial charge in [-0.2, -0.15) is 0 Å². The van der Waals surface area contributed by atoms with E-state index in [0.717, 1.165) is 83.0 Å². The van der Waals surface area contributed by atoms with Crippen LogP contribution in [0.1, 0.15) is 0 Å². The lowest BCUT2D eigenvalue weighted by Crippen LogP contribution is -2.11. The standard InChI is InChI=1S/C56H35NO2/c1-2-12-39-33-42(21-20-36(39)10-1)41-14-9-13-40(32-41)37-22-26-44(27-23-37)57(45-28-31-54-51(35-45)48-17-6-8-19-53(48)58-54)52-18-7-5-15-46(52)43-25-30-55-50(34-43)49-29-24-38-11-3-4-16-47(38)56(49)59-55/h1-35H. The highest BCUT2D eigenvalue weighted by atomic mass is 16.3. The molecule has 12 rings (SSSR count). The van der Waals surface area contributed by atoms with Gasteiger partial charge in [0.2, 0.25) is 0 Å². The quantitative estimate of drug-likeness (QED) is 0.169. The molecule has 0 atom stereocenters. The summed E-state index contributed by atoms with van der Waals surface area (Å²) in [6.45, 7) is 0. The largest absolute Gasteiger partial charge is 0.456 e. The molecule has 0 radical (unpaired) electrons. The molecule has 0 aliphatic heterocycles. The fourth-order valence-electron chi connectivity index (χ4n) is 8.92. The Morgan fingerprint density at radius 2 is 0.898 bits per heavy atom. The molecule has 2 heterocycles. The van der Waals surface area contributed by atoms with Crippen LogP contribution in [0.2, 0.25) is 0 Å². The van der Waals surface area contributed by atoms with Gasteiger partial charge in [0.15, 0.2) is 0 Å². The first kappa shape index (κ1) is 33.3. The van der Waals surface area contributed by atoms with Crippen molar-refractivity contribution in [3.63, 3.8) is 0 Å². The lowest BCUT2D eigenvalue weighted by atomic mass is 9.97. The molecule has 2 aromatic heterocycles. The van der Waals surface area contributed by atoms with Gasteiger partial charge < -0.3 is 13.7 Å². The second-order valence-corrected chi connectivity index (χ2v) is 15.3. The van der Waals surface area contributed by atoms with E-state index >= 15 is 0 Å². The fourth-order valence-corrected chi connectivity index (χ4v) is 8.92. The summed E-state index contributed by atoms with van der Waals surface area (Å²) in [5.41, 5.74) is 13.7. The van der Waals surface area contributed by atoms with Crippen LogP contribution in [-0.2, 0) is 0 Å². The number of hydrogen-bond acceptors (Lipinski definition) is 3. The van der Waals surface area contributed by atoms with Crippen LogP contribution in [-0.4, -0.2) is 0 Å². The Morgan fingerprint density at radius 1 is 0.288 bits per heavy atom. The number of furan rings is 2. The van der Waals surface area contributed by atoms with Crippen LogP contribution >= 0.6 is 0 Å². The molecule has 0 spiro atoms. The highest BCUT2D eigenvalue weighted by Gasteiger charge is 2.20. The zero-order valence-electron chi connectivity index (χ0n) is 32.0. The number of para-hydroxylation sites is 2. The van der Waals surface area contributed by atoms with Gasteiger partial charge in [-0.05, 0) is 117 Å². The van der Waals surface area contributed by atoms with Crippen LogP contribution < -0.4 is 4.90 Å². The number of anilines is 3. The van der Waals surface area contributed by atoms with Gasteiger partial charge in [-0.1, -0.05) is 140 Å². The minimum Gasteiger partial charge on any atom is -0.456 e. The van der Waals surface area contributed by atoms with Crippen molar-refractivity contribution in [2.45, 2.75) is 0 Å². The third-order valence-electron chi connectivity index (χ3n) is 11.8. The summed E-state index contributed by atoms with van der Waals surface area (Å²) in [7, 11) is 0. The van der Waals surface area contributed by atoms with E-state index in [0.29, 0.717) is 0 Å². The summed E-state index contributed by atoms with van der Waals surface area (Å²) >= 11 is 0. The van der Waals surface area contributed by atoms with Crippen molar-refractivity contribution >= 4 is 82.5 Å². The summed E-state index contributed by atoms with van der Waals surface area (Å²) in [5, 5.41) is 9.20. The van der Waals surface area contributed by atoms with E-state index < -0.39 is 0 Å². The third-order valence-corrected chi connectivity index (χ3v) is 11.8. The second-order valence-electron chi connectivity index (χ2n) is 15.3. The van der Waals surface area contributed by atoms with Gasteiger partial charge in [-0.25, -0.2) is 0 Å². The molecule has 59 heavy (non-hydrogen) atoms. The Balaban J connectivity index is 0.993. The average molecular weight is 754 g/mol. The molecule has 0 aliphatic rings. The van der Waals surface area contributed by atoms with Crippen LogP contribution in [0.4, 0.5) is 17.1 Å². The summed E-state index contributed by atoms with van der Waals surface area (Å²) in [6, 6.07) is 75.9. The van der Waals surface area contributed by atoms with Crippen LogP contribution in [0, 0.1) is 0 Å². The molecule has 10 aromatic carbocycles. The average Bonchev–Trinajstić information content (AvgIpc) is 3.87. The summed E-state index contributed by atoms with van der Waals surface area (Å²) < 4.78 is 12.8. The van der Waals surface area contributed by atoms with Crippen molar-refractivity contribution in [1.29, 1.82) is 0 Å². The van der Waals surface area contributed by atoms with Gasteiger partial charge in [-0.3, -0.25) is 0 Å². The first-order valence-corrected chi connectivity index (χ1v) is 20.1. The number of nitrogens with zero attached hydrogens (tertiary/aromatic N) is 1. The van der Waals surface area contributed by atoms with E-state index in [1.165, 1.54) is 32.8 Å². The SMILES string of the molecule is c1cc(-c2ccc(N(c3ccc4oc5ccccc5c4c3)c3ccccc3-c3ccc4oc5c6ccccc6ccc5c4c3)cc2)cc(-c2ccc3ccccc3c2)c1. The van der Waals surface area contributed by atoms with E-state index in [1.807, 2.05) is 12.1 Å². The minimum absolute atomic E-state index is 0.870. The number of benzene rings is 10. The molecule has 0 amide bonds. The van der Waals surface area contributed by atoms with Crippen molar-refractivity contribution < 1.29 is 8.83 Å².